The minimum Gasteiger partial charge on any atom is -0.310 e. The molecule has 0 saturated heterocycles. The Morgan fingerprint density at radius 3 is 2.59 bits per heavy atom. The Labute approximate surface area is 104 Å². The Morgan fingerprint density at radius 2 is 2.12 bits per heavy atom. The Bertz CT molecular complexity index is 425. The van der Waals surface area contributed by atoms with Gasteiger partial charge in [0.05, 0.1) is 12.5 Å². The lowest BCUT2D eigenvalue weighted by Crippen LogP contribution is -2.36. The van der Waals surface area contributed by atoms with Gasteiger partial charge in [-0.15, -0.1) is 11.6 Å². The number of benzene rings is 1. The molecule has 0 radical (unpaired) electrons. The molecule has 0 fully saturated rings. The molecular weight excluding hydrogens is 243 g/mol. The number of hydrogen-bond donors (Lipinski definition) is 0. The van der Waals surface area contributed by atoms with Gasteiger partial charge in [-0.1, -0.05) is 0 Å². The summed E-state index contributed by atoms with van der Waals surface area (Å²) in [6.45, 7) is 1.81. The lowest BCUT2D eigenvalue weighted by Gasteiger charge is -2.22. The van der Waals surface area contributed by atoms with E-state index < -0.39 is 5.38 Å². The Morgan fingerprint density at radius 1 is 1.53 bits per heavy atom. The van der Waals surface area contributed by atoms with Crippen molar-refractivity contribution in [2.24, 2.45) is 0 Å². The molecule has 0 heterocycles. The van der Waals surface area contributed by atoms with Crippen LogP contribution in [0, 0.1) is 17.1 Å². The molecule has 3 nitrogen and oxygen atoms in total. The van der Waals surface area contributed by atoms with Crippen LogP contribution in [-0.2, 0) is 4.79 Å². The molecule has 1 atom stereocenters. The molecule has 0 aliphatic heterocycles. The lowest BCUT2D eigenvalue weighted by molar-refractivity contribution is -0.118. The van der Waals surface area contributed by atoms with Crippen LogP contribution in [0.25, 0.3) is 0 Å². The van der Waals surface area contributed by atoms with Gasteiger partial charge >= 0.3 is 0 Å². The van der Waals surface area contributed by atoms with Crippen LogP contribution in [0.2, 0.25) is 0 Å². The number of amides is 1. The summed E-state index contributed by atoms with van der Waals surface area (Å²) in [5, 5.41) is 7.86. The fourth-order valence-electron chi connectivity index (χ4n) is 1.36. The Balaban J connectivity index is 2.94. The van der Waals surface area contributed by atoms with Crippen molar-refractivity contribution in [2.75, 3.05) is 11.4 Å². The van der Waals surface area contributed by atoms with Crippen LogP contribution in [0.5, 0.6) is 0 Å². The third-order valence-corrected chi connectivity index (χ3v) is 2.38. The van der Waals surface area contributed by atoms with Crippen molar-refractivity contribution in [2.45, 2.75) is 18.7 Å². The van der Waals surface area contributed by atoms with E-state index in [4.69, 9.17) is 16.9 Å². The molecule has 0 bridgehead atoms. The number of carbonyl (C=O) groups is 1. The number of nitrogens with zero attached hydrogens (tertiary/aromatic N) is 2. The van der Waals surface area contributed by atoms with E-state index in [1.165, 1.54) is 29.2 Å². The maximum atomic E-state index is 12.8. The van der Waals surface area contributed by atoms with E-state index in [0.717, 1.165) is 0 Å². The zero-order valence-electron chi connectivity index (χ0n) is 9.36. The number of alkyl halides is 1. The number of rotatable bonds is 4. The third kappa shape index (κ3) is 3.72. The maximum absolute atomic E-state index is 12.8. The molecule has 0 saturated carbocycles. The molecule has 0 unspecified atom stereocenters. The average Bonchev–Trinajstić information content (AvgIpc) is 2.31. The standard InChI is InChI=1S/C12H12ClFN2O/c1-9(13)12(17)16(8-2-7-15)11-5-3-10(14)4-6-11/h3-6,9H,2,8H2,1H3/t9-/m0/s1. The first kappa shape index (κ1) is 13.5. The number of carbonyl (C=O) groups excluding carboxylic acids is 1. The quantitative estimate of drug-likeness (QED) is 0.776. The second-order valence-electron chi connectivity index (χ2n) is 3.49. The molecule has 0 N–H and O–H groups in total. The molecule has 1 amide bonds. The third-order valence-electron chi connectivity index (χ3n) is 2.19. The fourth-order valence-corrected chi connectivity index (χ4v) is 1.48. The topological polar surface area (TPSA) is 44.1 Å². The normalized spacial score (nSPS) is 11.6. The molecule has 1 rings (SSSR count). The summed E-state index contributed by atoms with van der Waals surface area (Å²) in [7, 11) is 0. The van der Waals surface area contributed by atoms with Crippen LogP contribution in [0.4, 0.5) is 10.1 Å². The zero-order valence-corrected chi connectivity index (χ0v) is 10.1. The fraction of sp³-hybridized carbons (Fsp3) is 0.333. The highest BCUT2D eigenvalue weighted by Crippen LogP contribution is 2.17. The maximum Gasteiger partial charge on any atom is 0.244 e. The zero-order chi connectivity index (χ0) is 12.8. The molecule has 5 heteroatoms. The number of halogens is 2. The smallest absolute Gasteiger partial charge is 0.244 e. The van der Waals surface area contributed by atoms with Gasteiger partial charge in [0.15, 0.2) is 0 Å². The first-order valence-corrected chi connectivity index (χ1v) is 5.58. The second kappa shape index (κ2) is 6.21. The van der Waals surface area contributed by atoms with Crippen molar-refractivity contribution in [1.29, 1.82) is 5.26 Å². The van der Waals surface area contributed by atoms with Crippen LogP contribution < -0.4 is 4.90 Å². The first-order valence-electron chi connectivity index (χ1n) is 5.14. The Kier molecular flexibility index (Phi) is 4.92. The molecule has 1 aromatic carbocycles. The van der Waals surface area contributed by atoms with E-state index in [-0.39, 0.29) is 24.7 Å². The summed E-state index contributed by atoms with van der Waals surface area (Å²) < 4.78 is 12.8. The van der Waals surface area contributed by atoms with Gasteiger partial charge in [-0.2, -0.15) is 5.26 Å². The number of anilines is 1. The molecule has 17 heavy (non-hydrogen) atoms. The van der Waals surface area contributed by atoms with E-state index in [1.807, 2.05) is 6.07 Å². The van der Waals surface area contributed by atoms with Gasteiger partial charge < -0.3 is 4.90 Å². The molecule has 0 aliphatic rings. The van der Waals surface area contributed by atoms with E-state index in [2.05, 4.69) is 0 Å². The molecule has 90 valence electrons. The van der Waals surface area contributed by atoms with Gasteiger partial charge in [-0.3, -0.25) is 4.79 Å². The van der Waals surface area contributed by atoms with Crippen LogP contribution in [0.3, 0.4) is 0 Å². The summed E-state index contributed by atoms with van der Waals surface area (Å²) in [6, 6.07) is 7.47. The number of nitriles is 1. The molecular formula is C12H12ClFN2O. The van der Waals surface area contributed by atoms with Gasteiger partial charge in [0.1, 0.15) is 11.2 Å². The number of hydrogen-bond acceptors (Lipinski definition) is 2. The highest BCUT2D eigenvalue weighted by Gasteiger charge is 2.19. The van der Waals surface area contributed by atoms with E-state index in [1.54, 1.807) is 6.92 Å². The van der Waals surface area contributed by atoms with Gasteiger partial charge in [0, 0.05) is 12.2 Å². The van der Waals surface area contributed by atoms with Crippen molar-refractivity contribution in [3.63, 3.8) is 0 Å². The summed E-state index contributed by atoms with van der Waals surface area (Å²) in [4.78, 5) is 13.2. The van der Waals surface area contributed by atoms with Crippen molar-refractivity contribution >= 4 is 23.2 Å². The predicted octanol–water partition coefficient (Wildman–Crippen LogP) is 2.70. The highest BCUT2D eigenvalue weighted by atomic mass is 35.5. The van der Waals surface area contributed by atoms with Crippen molar-refractivity contribution < 1.29 is 9.18 Å². The van der Waals surface area contributed by atoms with Gasteiger partial charge in [0.25, 0.3) is 0 Å². The second-order valence-corrected chi connectivity index (χ2v) is 4.15. The largest absolute Gasteiger partial charge is 0.310 e. The Hall–Kier alpha value is -1.60. The summed E-state index contributed by atoms with van der Waals surface area (Å²) >= 11 is 5.73. The average molecular weight is 255 g/mol. The highest BCUT2D eigenvalue weighted by molar-refractivity contribution is 6.32. The summed E-state index contributed by atoms with van der Waals surface area (Å²) in [6.07, 6.45) is 0.201. The van der Waals surface area contributed by atoms with Gasteiger partial charge in [-0.25, -0.2) is 4.39 Å². The van der Waals surface area contributed by atoms with E-state index >= 15 is 0 Å². The van der Waals surface area contributed by atoms with E-state index in [9.17, 15) is 9.18 Å². The van der Waals surface area contributed by atoms with E-state index in [0.29, 0.717) is 5.69 Å². The van der Waals surface area contributed by atoms with Crippen LogP contribution in [-0.4, -0.2) is 17.8 Å². The molecule has 0 spiro atoms. The molecule has 0 aliphatic carbocycles. The van der Waals surface area contributed by atoms with Gasteiger partial charge in [0.2, 0.25) is 5.91 Å². The predicted molar refractivity (Wildman–Crippen MR) is 64.3 cm³/mol. The minimum absolute atomic E-state index is 0.201. The minimum atomic E-state index is -0.682. The van der Waals surface area contributed by atoms with Gasteiger partial charge in [-0.05, 0) is 31.2 Å². The monoisotopic (exact) mass is 254 g/mol. The molecule has 0 aromatic heterocycles. The first-order chi connectivity index (χ1) is 8.06. The van der Waals surface area contributed by atoms with Crippen molar-refractivity contribution in [1.82, 2.24) is 0 Å². The van der Waals surface area contributed by atoms with Crippen molar-refractivity contribution in [3.8, 4) is 6.07 Å². The summed E-state index contributed by atoms with van der Waals surface area (Å²) in [5.74, 6) is -0.672. The van der Waals surface area contributed by atoms with Crippen LogP contribution in [0.1, 0.15) is 13.3 Å². The van der Waals surface area contributed by atoms with Crippen LogP contribution >= 0.6 is 11.6 Å². The lowest BCUT2D eigenvalue weighted by atomic mass is 10.2. The SMILES string of the molecule is C[C@H](Cl)C(=O)N(CCC#N)c1ccc(F)cc1. The van der Waals surface area contributed by atoms with Crippen LogP contribution in [0.15, 0.2) is 24.3 Å². The summed E-state index contributed by atoms with van der Waals surface area (Å²) in [5.41, 5.74) is 0.541. The van der Waals surface area contributed by atoms with Crippen molar-refractivity contribution in [3.05, 3.63) is 30.1 Å². The molecule has 1 aromatic rings.